The van der Waals surface area contributed by atoms with E-state index in [0.717, 1.165) is 38.8 Å². The minimum absolute atomic E-state index is 0.0474. The Morgan fingerprint density at radius 3 is 2.70 bits per heavy atom. The Balaban J connectivity index is 1.70. The standard InChI is InChI=1S/C18H26N2O3/c1-23-16-4-2-3-13(11-16)18(22)20-17(14-9-15(21)10-14)12-5-7-19-8-6-12/h2-4,11-12,14-15,17,19,21H,5-10H2,1H3,(H,20,22). The molecule has 1 aliphatic carbocycles. The Hall–Kier alpha value is -1.59. The highest BCUT2D eigenvalue weighted by Gasteiger charge is 2.39. The maximum absolute atomic E-state index is 12.6. The number of aliphatic hydroxyl groups excluding tert-OH is 1. The number of benzene rings is 1. The molecule has 1 saturated heterocycles. The van der Waals surface area contributed by atoms with Crippen molar-refractivity contribution in [2.45, 2.75) is 37.8 Å². The molecule has 2 fully saturated rings. The smallest absolute Gasteiger partial charge is 0.251 e. The van der Waals surface area contributed by atoms with E-state index in [1.807, 2.05) is 18.2 Å². The number of hydrogen-bond acceptors (Lipinski definition) is 4. The summed E-state index contributed by atoms with van der Waals surface area (Å²) in [5.41, 5.74) is 0.628. The summed E-state index contributed by atoms with van der Waals surface area (Å²) in [7, 11) is 1.60. The van der Waals surface area contributed by atoms with Crippen LogP contribution in [-0.4, -0.2) is 43.4 Å². The van der Waals surface area contributed by atoms with Crippen LogP contribution in [0.3, 0.4) is 0 Å². The van der Waals surface area contributed by atoms with Gasteiger partial charge in [0.25, 0.3) is 5.91 Å². The molecular formula is C18H26N2O3. The summed E-state index contributed by atoms with van der Waals surface area (Å²) in [6, 6.07) is 7.40. The van der Waals surface area contributed by atoms with E-state index in [1.54, 1.807) is 13.2 Å². The van der Waals surface area contributed by atoms with E-state index in [9.17, 15) is 9.90 Å². The molecule has 1 aliphatic heterocycles. The van der Waals surface area contributed by atoms with Gasteiger partial charge in [0.15, 0.2) is 0 Å². The van der Waals surface area contributed by atoms with Gasteiger partial charge in [-0.25, -0.2) is 0 Å². The van der Waals surface area contributed by atoms with Crippen LogP contribution in [0.15, 0.2) is 24.3 Å². The summed E-state index contributed by atoms with van der Waals surface area (Å²) < 4.78 is 5.20. The molecule has 1 aromatic carbocycles. The molecule has 1 heterocycles. The van der Waals surface area contributed by atoms with Crippen molar-refractivity contribution in [1.82, 2.24) is 10.6 Å². The molecular weight excluding hydrogens is 292 g/mol. The third kappa shape index (κ3) is 3.85. The lowest BCUT2D eigenvalue weighted by Crippen LogP contribution is -2.52. The van der Waals surface area contributed by atoms with Crippen molar-refractivity contribution >= 4 is 5.91 Å². The van der Waals surface area contributed by atoms with Crippen LogP contribution in [0.25, 0.3) is 0 Å². The highest BCUT2D eigenvalue weighted by molar-refractivity contribution is 5.94. The Labute approximate surface area is 137 Å². The van der Waals surface area contributed by atoms with E-state index >= 15 is 0 Å². The second kappa shape index (κ2) is 7.32. The van der Waals surface area contributed by atoms with Crippen LogP contribution in [0.2, 0.25) is 0 Å². The van der Waals surface area contributed by atoms with Gasteiger partial charge in [-0.3, -0.25) is 4.79 Å². The first-order valence-electron chi connectivity index (χ1n) is 8.51. The number of nitrogens with one attached hydrogen (secondary N) is 2. The molecule has 0 spiro atoms. The largest absolute Gasteiger partial charge is 0.497 e. The molecule has 126 valence electrons. The third-order valence-electron chi connectivity index (χ3n) is 5.18. The second-order valence-electron chi connectivity index (χ2n) is 6.70. The molecule has 1 unspecified atom stereocenters. The Morgan fingerprint density at radius 1 is 1.30 bits per heavy atom. The highest BCUT2D eigenvalue weighted by Crippen LogP contribution is 2.36. The molecule has 1 saturated carbocycles. The van der Waals surface area contributed by atoms with Gasteiger partial charge >= 0.3 is 0 Å². The number of ether oxygens (including phenoxy) is 1. The zero-order valence-corrected chi connectivity index (χ0v) is 13.6. The Kier molecular flexibility index (Phi) is 5.18. The van der Waals surface area contributed by atoms with Crippen molar-refractivity contribution in [3.05, 3.63) is 29.8 Å². The van der Waals surface area contributed by atoms with Crippen LogP contribution >= 0.6 is 0 Å². The van der Waals surface area contributed by atoms with Crippen LogP contribution in [0, 0.1) is 11.8 Å². The van der Waals surface area contributed by atoms with Crippen LogP contribution < -0.4 is 15.4 Å². The Bertz CT molecular complexity index is 537. The fourth-order valence-electron chi connectivity index (χ4n) is 3.75. The van der Waals surface area contributed by atoms with Crippen molar-refractivity contribution in [1.29, 1.82) is 0 Å². The van der Waals surface area contributed by atoms with Crippen molar-refractivity contribution in [3.63, 3.8) is 0 Å². The number of amides is 1. The van der Waals surface area contributed by atoms with Crippen molar-refractivity contribution in [2.75, 3.05) is 20.2 Å². The third-order valence-corrected chi connectivity index (χ3v) is 5.18. The predicted molar refractivity (Wildman–Crippen MR) is 88.6 cm³/mol. The van der Waals surface area contributed by atoms with E-state index in [1.165, 1.54) is 0 Å². The number of hydrogen-bond donors (Lipinski definition) is 3. The van der Waals surface area contributed by atoms with Crippen LogP contribution in [0.5, 0.6) is 5.75 Å². The number of carbonyl (C=O) groups is 1. The maximum atomic E-state index is 12.6. The van der Waals surface area contributed by atoms with Crippen molar-refractivity contribution < 1.29 is 14.6 Å². The van der Waals surface area contributed by atoms with Gasteiger partial charge < -0.3 is 20.5 Å². The molecule has 0 bridgehead atoms. The van der Waals surface area contributed by atoms with Crippen LogP contribution in [0.1, 0.15) is 36.0 Å². The van der Waals surface area contributed by atoms with E-state index in [0.29, 0.717) is 23.1 Å². The first kappa shape index (κ1) is 16.3. The first-order valence-corrected chi connectivity index (χ1v) is 8.51. The molecule has 3 N–H and O–H groups in total. The maximum Gasteiger partial charge on any atom is 0.251 e. The number of carbonyl (C=O) groups excluding carboxylic acids is 1. The SMILES string of the molecule is COc1cccc(C(=O)NC(C2CCNCC2)C2CC(O)C2)c1. The minimum atomic E-state index is -0.196. The molecule has 23 heavy (non-hydrogen) atoms. The monoisotopic (exact) mass is 318 g/mol. The first-order chi connectivity index (χ1) is 11.2. The van der Waals surface area contributed by atoms with Gasteiger partial charge in [0.05, 0.1) is 13.2 Å². The van der Waals surface area contributed by atoms with Crippen LogP contribution in [0.4, 0.5) is 0 Å². The molecule has 1 amide bonds. The average molecular weight is 318 g/mol. The van der Waals surface area contributed by atoms with Gasteiger partial charge in [-0.05, 0) is 68.8 Å². The number of rotatable bonds is 5. The predicted octanol–water partition coefficient (Wildman–Crippen LogP) is 1.56. The van der Waals surface area contributed by atoms with Gasteiger partial charge in [-0.2, -0.15) is 0 Å². The number of aliphatic hydroxyl groups is 1. The van der Waals surface area contributed by atoms with Crippen LogP contribution in [-0.2, 0) is 0 Å². The molecule has 2 aliphatic rings. The summed E-state index contributed by atoms with van der Waals surface area (Å²) in [4.78, 5) is 12.6. The van der Waals surface area contributed by atoms with Gasteiger partial charge in [-0.1, -0.05) is 6.07 Å². The van der Waals surface area contributed by atoms with Crippen molar-refractivity contribution in [3.8, 4) is 5.75 Å². The van der Waals surface area contributed by atoms with E-state index in [-0.39, 0.29) is 18.1 Å². The highest BCUT2D eigenvalue weighted by atomic mass is 16.5. The number of methoxy groups -OCH3 is 1. The van der Waals surface area contributed by atoms with Gasteiger partial charge in [0.2, 0.25) is 0 Å². The lowest BCUT2D eigenvalue weighted by atomic mass is 9.71. The quantitative estimate of drug-likeness (QED) is 0.771. The second-order valence-corrected chi connectivity index (χ2v) is 6.70. The summed E-state index contributed by atoms with van der Waals surface area (Å²) >= 11 is 0. The summed E-state index contributed by atoms with van der Waals surface area (Å²) in [5, 5.41) is 16.3. The topological polar surface area (TPSA) is 70.6 Å². The molecule has 1 atom stereocenters. The summed E-state index contributed by atoms with van der Waals surface area (Å²) in [5.74, 6) is 1.52. The zero-order chi connectivity index (χ0) is 16.2. The van der Waals surface area contributed by atoms with Gasteiger partial charge in [0, 0.05) is 11.6 Å². The fraction of sp³-hybridized carbons (Fsp3) is 0.611. The average Bonchev–Trinajstić information content (AvgIpc) is 2.58. The molecule has 5 nitrogen and oxygen atoms in total. The minimum Gasteiger partial charge on any atom is -0.497 e. The Morgan fingerprint density at radius 2 is 2.04 bits per heavy atom. The number of piperidine rings is 1. The van der Waals surface area contributed by atoms with E-state index in [2.05, 4.69) is 10.6 Å². The van der Waals surface area contributed by atoms with Crippen molar-refractivity contribution in [2.24, 2.45) is 11.8 Å². The van der Waals surface area contributed by atoms with E-state index in [4.69, 9.17) is 4.74 Å². The van der Waals surface area contributed by atoms with E-state index < -0.39 is 0 Å². The summed E-state index contributed by atoms with van der Waals surface area (Å²) in [6.45, 7) is 2.01. The normalized spacial score (nSPS) is 26.2. The summed E-state index contributed by atoms with van der Waals surface area (Å²) in [6.07, 6.45) is 3.56. The molecule has 5 heteroatoms. The lowest BCUT2D eigenvalue weighted by molar-refractivity contribution is 0.00919. The molecule has 3 rings (SSSR count). The molecule has 0 radical (unpaired) electrons. The molecule has 0 aromatic heterocycles. The van der Waals surface area contributed by atoms with Gasteiger partial charge in [0.1, 0.15) is 5.75 Å². The lowest BCUT2D eigenvalue weighted by Gasteiger charge is -2.43. The van der Waals surface area contributed by atoms with Gasteiger partial charge in [-0.15, -0.1) is 0 Å². The molecule has 1 aromatic rings. The fourth-order valence-corrected chi connectivity index (χ4v) is 3.75. The zero-order valence-electron chi connectivity index (χ0n) is 13.6.